The van der Waals surface area contributed by atoms with Crippen LogP contribution in [-0.2, 0) is 0 Å². The van der Waals surface area contributed by atoms with Crippen LogP contribution >= 0.6 is 0 Å². The summed E-state index contributed by atoms with van der Waals surface area (Å²) in [6.45, 7) is 5.74. The van der Waals surface area contributed by atoms with Crippen LogP contribution in [0.15, 0.2) is 0 Å². The molecule has 0 aromatic carbocycles. The summed E-state index contributed by atoms with van der Waals surface area (Å²) in [7, 11) is 2.23. The van der Waals surface area contributed by atoms with E-state index in [0.717, 1.165) is 26.1 Å². The number of nitriles is 1. The minimum absolute atomic E-state index is 0.282. The second-order valence-electron chi connectivity index (χ2n) is 5.63. The molecule has 96 valence electrons. The first-order chi connectivity index (χ1) is 8.26. The summed E-state index contributed by atoms with van der Waals surface area (Å²) in [6, 6.07) is 3.76. The van der Waals surface area contributed by atoms with Crippen LogP contribution in [0.3, 0.4) is 0 Å². The van der Waals surface area contributed by atoms with E-state index in [4.69, 9.17) is 0 Å². The molecule has 1 aliphatic heterocycles. The van der Waals surface area contributed by atoms with E-state index in [1.54, 1.807) is 0 Å². The number of hydrogen-bond acceptors (Lipinski definition) is 3. The molecule has 3 nitrogen and oxygen atoms in total. The lowest BCUT2D eigenvalue weighted by atomic mass is 9.84. The van der Waals surface area contributed by atoms with Crippen LogP contribution in [0.25, 0.3) is 0 Å². The average molecular weight is 235 g/mol. The van der Waals surface area contributed by atoms with Gasteiger partial charge in [0.25, 0.3) is 0 Å². The second kappa shape index (κ2) is 5.84. The Labute approximate surface area is 105 Å². The van der Waals surface area contributed by atoms with Crippen LogP contribution in [-0.4, -0.2) is 48.6 Å². The molecule has 1 saturated carbocycles. The van der Waals surface area contributed by atoms with Crippen molar-refractivity contribution in [3.8, 4) is 6.07 Å². The van der Waals surface area contributed by atoms with E-state index in [9.17, 15) is 5.26 Å². The molecular formula is C14H25N3. The third-order valence-corrected chi connectivity index (χ3v) is 4.64. The quantitative estimate of drug-likeness (QED) is 0.734. The van der Waals surface area contributed by atoms with Gasteiger partial charge in [-0.15, -0.1) is 0 Å². The predicted molar refractivity (Wildman–Crippen MR) is 69.6 cm³/mol. The monoisotopic (exact) mass is 235 g/mol. The molecule has 2 fully saturated rings. The largest absolute Gasteiger partial charge is 0.301 e. The van der Waals surface area contributed by atoms with Crippen LogP contribution in [0, 0.1) is 17.2 Å². The maximum absolute atomic E-state index is 9.28. The van der Waals surface area contributed by atoms with E-state index in [2.05, 4.69) is 29.8 Å². The average Bonchev–Trinajstić information content (AvgIpc) is 2.39. The lowest BCUT2D eigenvalue weighted by Crippen LogP contribution is -2.56. The van der Waals surface area contributed by atoms with Crippen LogP contribution in [0.1, 0.15) is 39.0 Å². The summed E-state index contributed by atoms with van der Waals surface area (Å²) < 4.78 is 0. The Morgan fingerprint density at radius 2 is 2.00 bits per heavy atom. The molecule has 2 rings (SSSR count). The summed E-state index contributed by atoms with van der Waals surface area (Å²) in [5, 5.41) is 9.28. The van der Waals surface area contributed by atoms with Gasteiger partial charge >= 0.3 is 0 Å². The zero-order valence-corrected chi connectivity index (χ0v) is 11.2. The first-order valence-electron chi connectivity index (χ1n) is 7.10. The molecule has 1 saturated heterocycles. The molecule has 0 bridgehead atoms. The Balaban J connectivity index is 1.99. The summed E-state index contributed by atoms with van der Waals surface area (Å²) in [4.78, 5) is 5.07. The van der Waals surface area contributed by atoms with Crippen molar-refractivity contribution in [3.05, 3.63) is 0 Å². The Hall–Kier alpha value is -0.590. The maximum Gasteiger partial charge on any atom is 0.0672 e. The van der Waals surface area contributed by atoms with Crippen LogP contribution < -0.4 is 0 Å². The third-order valence-electron chi connectivity index (χ3n) is 4.64. The Morgan fingerprint density at radius 3 is 2.71 bits per heavy atom. The van der Waals surface area contributed by atoms with Gasteiger partial charge in [-0.2, -0.15) is 5.26 Å². The third kappa shape index (κ3) is 2.81. The fraction of sp³-hybridized carbons (Fsp3) is 0.929. The SMILES string of the molecule is CCC1CN(C2CCCCC2C#N)CCN1C. The van der Waals surface area contributed by atoms with Gasteiger partial charge in [-0.05, 0) is 26.3 Å². The summed E-state index contributed by atoms with van der Waals surface area (Å²) in [5.74, 6) is 0.282. The van der Waals surface area contributed by atoms with Gasteiger partial charge in [0, 0.05) is 31.7 Å². The molecule has 2 aliphatic rings. The van der Waals surface area contributed by atoms with Gasteiger partial charge in [0.1, 0.15) is 0 Å². The van der Waals surface area contributed by atoms with E-state index in [1.807, 2.05) is 0 Å². The molecule has 0 aromatic rings. The Morgan fingerprint density at radius 1 is 1.24 bits per heavy atom. The summed E-state index contributed by atoms with van der Waals surface area (Å²) >= 11 is 0. The number of nitrogens with zero attached hydrogens (tertiary/aromatic N) is 3. The van der Waals surface area contributed by atoms with Gasteiger partial charge in [-0.3, -0.25) is 4.90 Å². The molecule has 17 heavy (non-hydrogen) atoms. The fourth-order valence-corrected chi connectivity index (χ4v) is 3.41. The van der Waals surface area contributed by atoms with Gasteiger partial charge in [0.15, 0.2) is 0 Å². The van der Waals surface area contributed by atoms with Gasteiger partial charge in [0.2, 0.25) is 0 Å². The predicted octanol–water partition coefficient (Wildman–Crippen LogP) is 2.09. The maximum atomic E-state index is 9.28. The molecule has 0 spiro atoms. The van der Waals surface area contributed by atoms with Crippen molar-refractivity contribution in [1.29, 1.82) is 5.26 Å². The van der Waals surface area contributed by atoms with Crippen molar-refractivity contribution in [2.75, 3.05) is 26.7 Å². The molecule has 1 heterocycles. The molecule has 3 unspecified atom stereocenters. The van der Waals surface area contributed by atoms with E-state index >= 15 is 0 Å². The fourth-order valence-electron chi connectivity index (χ4n) is 3.41. The zero-order valence-electron chi connectivity index (χ0n) is 11.2. The zero-order chi connectivity index (χ0) is 12.3. The van der Waals surface area contributed by atoms with Crippen LogP contribution in [0.5, 0.6) is 0 Å². The molecule has 0 aromatic heterocycles. The van der Waals surface area contributed by atoms with Gasteiger partial charge < -0.3 is 4.90 Å². The van der Waals surface area contributed by atoms with E-state index < -0.39 is 0 Å². The highest BCUT2D eigenvalue weighted by Gasteiger charge is 2.33. The van der Waals surface area contributed by atoms with Crippen molar-refractivity contribution >= 4 is 0 Å². The topological polar surface area (TPSA) is 30.3 Å². The summed E-state index contributed by atoms with van der Waals surface area (Å²) in [5.41, 5.74) is 0. The molecule has 3 atom stereocenters. The van der Waals surface area contributed by atoms with Crippen molar-refractivity contribution in [2.24, 2.45) is 5.92 Å². The minimum atomic E-state index is 0.282. The molecule has 0 radical (unpaired) electrons. The van der Waals surface area contributed by atoms with Crippen molar-refractivity contribution in [1.82, 2.24) is 9.80 Å². The summed E-state index contributed by atoms with van der Waals surface area (Å²) in [6.07, 6.45) is 6.13. The normalized spacial score (nSPS) is 36.6. The lowest BCUT2D eigenvalue weighted by molar-refractivity contribution is 0.0366. The Bertz CT molecular complexity index is 284. The number of rotatable bonds is 2. The molecular weight excluding hydrogens is 210 g/mol. The van der Waals surface area contributed by atoms with E-state index in [1.165, 1.54) is 25.7 Å². The van der Waals surface area contributed by atoms with E-state index in [-0.39, 0.29) is 5.92 Å². The first kappa shape index (κ1) is 12.9. The number of hydrogen-bond donors (Lipinski definition) is 0. The molecule has 0 N–H and O–H groups in total. The molecule has 3 heteroatoms. The number of piperazine rings is 1. The first-order valence-corrected chi connectivity index (χ1v) is 7.10. The highest BCUT2D eigenvalue weighted by Crippen LogP contribution is 2.29. The standard InChI is InChI=1S/C14H25N3/c1-3-13-11-17(9-8-16(13)2)14-7-5-4-6-12(14)10-15/h12-14H,3-9,11H2,1-2H3. The van der Waals surface area contributed by atoms with Crippen molar-refractivity contribution in [3.63, 3.8) is 0 Å². The Kier molecular flexibility index (Phi) is 4.42. The molecule has 1 aliphatic carbocycles. The highest BCUT2D eigenvalue weighted by atomic mass is 15.3. The van der Waals surface area contributed by atoms with Gasteiger partial charge in [0.05, 0.1) is 12.0 Å². The van der Waals surface area contributed by atoms with Gasteiger partial charge in [-0.25, -0.2) is 0 Å². The van der Waals surface area contributed by atoms with Gasteiger partial charge in [-0.1, -0.05) is 19.8 Å². The second-order valence-corrected chi connectivity index (χ2v) is 5.63. The van der Waals surface area contributed by atoms with Crippen LogP contribution in [0.4, 0.5) is 0 Å². The van der Waals surface area contributed by atoms with E-state index in [0.29, 0.717) is 12.1 Å². The van der Waals surface area contributed by atoms with Crippen LogP contribution in [0.2, 0.25) is 0 Å². The highest BCUT2D eigenvalue weighted by molar-refractivity contribution is 4.97. The molecule has 0 amide bonds. The minimum Gasteiger partial charge on any atom is -0.301 e. The number of likely N-dealkylation sites (N-methyl/N-ethyl adjacent to an activating group) is 1. The lowest BCUT2D eigenvalue weighted by Gasteiger charge is -2.45. The van der Waals surface area contributed by atoms with Crippen molar-refractivity contribution < 1.29 is 0 Å². The van der Waals surface area contributed by atoms with Crippen molar-refractivity contribution in [2.45, 2.75) is 51.1 Å². The smallest absolute Gasteiger partial charge is 0.0672 e.